The van der Waals surface area contributed by atoms with E-state index in [0.29, 0.717) is 4.58 Å². The largest absolute Gasteiger partial charge is 0.165 e. The number of hydrogen-bond donors (Lipinski definition) is 1. The third kappa shape index (κ3) is 2.03. The van der Waals surface area contributed by atoms with Crippen molar-refractivity contribution in [1.82, 2.24) is 0 Å². The van der Waals surface area contributed by atoms with Crippen LogP contribution >= 0.6 is 23.1 Å². The summed E-state index contributed by atoms with van der Waals surface area (Å²) in [5.74, 6) is 0. The molecule has 0 fully saturated rings. The van der Waals surface area contributed by atoms with Crippen molar-refractivity contribution >= 4 is 28.5 Å². The lowest BCUT2D eigenvalue weighted by Crippen LogP contribution is -1.86. The molecular formula is C7H10S2. The summed E-state index contributed by atoms with van der Waals surface area (Å²) in [6, 6.07) is 0. The van der Waals surface area contributed by atoms with Gasteiger partial charge in [0.05, 0.1) is 0 Å². The van der Waals surface area contributed by atoms with Crippen molar-refractivity contribution in [2.24, 2.45) is 0 Å². The first-order valence-electron chi connectivity index (χ1n) is 2.88. The Kier molecular flexibility index (Phi) is 2.61. The molecule has 0 N–H and O–H groups in total. The summed E-state index contributed by atoms with van der Waals surface area (Å²) >= 11 is 4.34. The zero-order chi connectivity index (χ0) is 6.69. The molecule has 0 aromatic carbocycles. The molecule has 2 atom stereocenters. The normalized spacial score (nSPS) is 27.6. The molecule has 0 radical (unpaired) electrons. The van der Waals surface area contributed by atoms with Gasteiger partial charge in [-0.25, -0.2) is 0 Å². The highest BCUT2D eigenvalue weighted by atomic mass is 32.2. The fourth-order valence-corrected chi connectivity index (χ4v) is 2.12. The molecule has 0 bridgehead atoms. The summed E-state index contributed by atoms with van der Waals surface area (Å²) in [4.78, 5) is 0. The van der Waals surface area contributed by atoms with E-state index in [-0.39, 0.29) is 10.5 Å². The van der Waals surface area contributed by atoms with E-state index < -0.39 is 0 Å². The van der Waals surface area contributed by atoms with Crippen molar-refractivity contribution in [3.05, 3.63) is 23.6 Å². The van der Waals surface area contributed by atoms with Crippen LogP contribution in [0.1, 0.15) is 6.92 Å². The van der Waals surface area contributed by atoms with E-state index in [0.717, 1.165) is 0 Å². The Morgan fingerprint density at radius 1 is 1.33 bits per heavy atom. The van der Waals surface area contributed by atoms with Crippen molar-refractivity contribution in [3.8, 4) is 0 Å². The number of allylic oxidation sites excluding steroid dienone is 3. The third-order valence-electron chi connectivity index (χ3n) is 1.09. The Morgan fingerprint density at radius 2 is 2.11 bits per heavy atom. The molecule has 9 heavy (non-hydrogen) atoms. The maximum absolute atomic E-state index is 4.34. The third-order valence-corrected chi connectivity index (χ3v) is 3.55. The van der Waals surface area contributed by atoms with Crippen molar-refractivity contribution in [1.29, 1.82) is 0 Å². The number of thiol groups is 1. The van der Waals surface area contributed by atoms with Crippen molar-refractivity contribution < 1.29 is 0 Å². The molecule has 2 unspecified atom stereocenters. The fraction of sp³-hybridized carbons (Fsp3) is 0.286. The van der Waals surface area contributed by atoms with Crippen LogP contribution in [-0.4, -0.2) is 9.95 Å². The molecule has 0 saturated carbocycles. The smallest absolute Gasteiger partial charge is 0.0432 e. The van der Waals surface area contributed by atoms with Gasteiger partial charge < -0.3 is 0 Å². The molecule has 50 valence electrons. The van der Waals surface area contributed by atoms with Crippen LogP contribution in [0.4, 0.5) is 0 Å². The van der Waals surface area contributed by atoms with E-state index in [1.165, 1.54) is 0 Å². The first-order valence-corrected chi connectivity index (χ1v) is 4.81. The van der Waals surface area contributed by atoms with Crippen molar-refractivity contribution in [3.63, 3.8) is 0 Å². The van der Waals surface area contributed by atoms with Gasteiger partial charge in [-0.2, -0.15) is 12.6 Å². The summed E-state index contributed by atoms with van der Waals surface area (Å²) in [7, 11) is 0.275. The molecule has 1 aliphatic rings. The molecule has 0 amide bonds. The minimum absolute atomic E-state index is 0.275. The van der Waals surface area contributed by atoms with E-state index >= 15 is 0 Å². The van der Waals surface area contributed by atoms with Crippen molar-refractivity contribution in [2.75, 3.05) is 0 Å². The first kappa shape index (κ1) is 7.16. The van der Waals surface area contributed by atoms with E-state index in [1.54, 1.807) is 0 Å². The van der Waals surface area contributed by atoms with Gasteiger partial charge in [0.2, 0.25) is 0 Å². The molecule has 2 heteroatoms. The standard InChI is InChI=1S/C7H10S2/c1-7(8)9-5-3-2-4-6-9/h2-8H,1H3. The predicted octanol–water partition coefficient (Wildman–Crippen LogP) is 2.42. The maximum atomic E-state index is 4.34. The molecule has 1 heterocycles. The predicted molar refractivity (Wildman–Crippen MR) is 50.4 cm³/mol. The van der Waals surface area contributed by atoms with E-state index in [9.17, 15) is 0 Å². The van der Waals surface area contributed by atoms with Gasteiger partial charge in [-0.1, -0.05) is 18.2 Å². The Bertz CT molecular complexity index is 175. The second kappa shape index (κ2) is 3.28. The molecular weight excluding hydrogens is 148 g/mol. The highest BCUT2D eigenvalue weighted by Gasteiger charge is 1.96. The van der Waals surface area contributed by atoms with E-state index in [4.69, 9.17) is 0 Å². The van der Waals surface area contributed by atoms with Gasteiger partial charge in [0.15, 0.2) is 0 Å². The van der Waals surface area contributed by atoms with Crippen LogP contribution in [0.2, 0.25) is 0 Å². The van der Waals surface area contributed by atoms with Crippen LogP contribution in [0.3, 0.4) is 0 Å². The van der Waals surface area contributed by atoms with Gasteiger partial charge >= 0.3 is 0 Å². The Balaban J connectivity index is 2.72. The molecule has 1 rings (SSSR count). The minimum atomic E-state index is 0.275. The van der Waals surface area contributed by atoms with Gasteiger partial charge in [0, 0.05) is 4.58 Å². The van der Waals surface area contributed by atoms with Crippen molar-refractivity contribution in [2.45, 2.75) is 11.5 Å². The monoisotopic (exact) mass is 158 g/mol. The molecule has 0 spiro atoms. The molecule has 0 aromatic rings. The molecule has 0 saturated heterocycles. The summed E-state index contributed by atoms with van der Waals surface area (Å²) in [6.07, 6.45) is 6.20. The second-order valence-electron chi connectivity index (χ2n) is 1.86. The average Bonchev–Trinajstić information content (AvgIpc) is 1.90. The lowest BCUT2D eigenvalue weighted by molar-refractivity contribution is 1.44. The second-order valence-corrected chi connectivity index (χ2v) is 5.05. The Morgan fingerprint density at radius 3 is 2.44 bits per heavy atom. The van der Waals surface area contributed by atoms with E-state index in [1.807, 2.05) is 6.08 Å². The zero-order valence-corrected chi connectivity index (χ0v) is 7.03. The van der Waals surface area contributed by atoms with E-state index in [2.05, 4.69) is 42.5 Å². The average molecular weight is 158 g/mol. The lowest BCUT2D eigenvalue weighted by atomic mass is 10.5. The lowest BCUT2D eigenvalue weighted by Gasteiger charge is -2.07. The van der Waals surface area contributed by atoms with Gasteiger partial charge in [0.25, 0.3) is 0 Å². The Hall–Kier alpha value is 0.0500. The van der Waals surface area contributed by atoms with Crippen LogP contribution in [0.15, 0.2) is 23.6 Å². The highest BCUT2D eigenvalue weighted by Crippen LogP contribution is 2.25. The maximum Gasteiger partial charge on any atom is 0.0432 e. The number of rotatable bonds is 1. The van der Waals surface area contributed by atoms with Gasteiger partial charge in [-0.3, -0.25) is 0 Å². The van der Waals surface area contributed by atoms with Gasteiger partial charge in [-0.15, -0.1) is 10.5 Å². The van der Waals surface area contributed by atoms with Crippen LogP contribution in [0.25, 0.3) is 0 Å². The van der Waals surface area contributed by atoms with Crippen LogP contribution < -0.4 is 0 Å². The van der Waals surface area contributed by atoms with Crippen LogP contribution in [0.5, 0.6) is 0 Å². The highest BCUT2D eigenvalue weighted by molar-refractivity contribution is 8.24. The molecule has 0 nitrogen and oxygen atoms in total. The minimum Gasteiger partial charge on any atom is -0.165 e. The quantitative estimate of drug-likeness (QED) is 0.440. The number of hydrogen-bond acceptors (Lipinski definition) is 1. The summed E-state index contributed by atoms with van der Waals surface area (Å²) < 4.78 is 0.464. The van der Waals surface area contributed by atoms with Crippen LogP contribution in [0, 0.1) is 0 Å². The topological polar surface area (TPSA) is 0 Å². The fourth-order valence-electron chi connectivity index (χ4n) is 0.609. The summed E-state index contributed by atoms with van der Waals surface area (Å²) in [5, 5.41) is 4.38. The molecule has 0 aliphatic carbocycles. The summed E-state index contributed by atoms with van der Waals surface area (Å²) in [6.45, 7) is 2.12. The molecule has 0 aromatic heterocycles. The van der Waals surface area contributed by atoms with Crippen LogP contribution in [-0.2, 0) is 0 Å². The van der Waals surface area contributed by atoms with Gasteiger partial charge in [0.1, 0.15) is 0 Å². The Labute approximate surface area is 64.0 Å². The SMILES string of the molecule is CC(S)S1=CC=CC=C1. The first-order chi connectivity index (χ1) is 4.30. The molecule has 1 aliphatic heterocycles. The van der Waals surface area contributed by atoms with Gasteiger partial charge in [-0.05, 0) is 17.7 Å². The summed E-state index contributed by atoms with van der Waals surface area (Å²) in [5.41, 5.74) is 0. The zero-order valence-electron chi connectivity index (χ0n) is 5.32.